The predicted molar refractivity (Wildman–Crippen MR) is 119 cm³/mol. The van der Waals surface area contributed by atoms with E-state index in [2.05, 4.69) is 4.98 Å². The highest BCUT2D eigenvalue weighted by molar-refractivity contribution is 7.86. The Morgan fingerprint density at radius 1 is 1.18 bits per heavy atom. The summed E-state index contributed by atoms with van der Waals surface area (Å²) in [5, 5.41) is 0. The first-order valence-corrected chi connectivity index (χ1v) is 12.2. The number of hydrogen-bond acceptors (Lipinski definition) is 6. The Kier molecular flexibility index (Phi) is 7.23. The fraction of sp³-hybridized carbons (Fsp3) is 0.375. The molecule has 0 saturated carbocycles. The monoisotopic (exact) mass is 474 g/mol. The summed E-state index contributed by atoms with van der Waals surface area (Å²) in [5.41, 5.74) is 1.99. The molecule has 1 aliphatic heterocycles. The van der Waals surface area contributed by atoms with E-state index in [4.69, 9.17) is 13.7 Å². The molecule has 4 rings (SSSR count). The van der Waals surface area contributed by atoms with Crippen molar-refractivity contribution in [3.63, 3.8) is 0 Å². The Balaban J connectivity index is 1.38. The zero-order valence-electron chi connectivity index (χ0n) is 18.4. The molecule has 9 heteroatoms. The number of nitrogens with zero attached hydrogens (tertiary/aromatic N) is 2. The number of aryl methyl sites for hydroxylation is 2. The van der Waals surface area contributed by atoms with E-state index in [1.54, 1.807) is 36.8 Å². The molecule has 0 radical (unpaired) electrons. The summed E-state index contributed by atoms with van der Waals surface area (Å²) in [7, 11) is -3.89. The van der Waals surface area contributed by atoms with E-state index < -0.39 is 22.0 Å². The van der Waals surface area contributed by atoms with Gasteiger partial charge in [-0.3, -0.25) is 4.18 Å². The molecule has 33 heavy (non-hydrogen) atoms. The predicted octanol–water partition coefficient (Wildman–Crippen LogP) is 3.87. The average molecular weight is 475 g/mol. The molecular weight excluding hydrogens is 447 g/mol. The summed E-state index contributed by atoms with van der Waals surface area (Å²) in [5.74, 6) is -1.19. The fourth-order valence-electron chi connectivity index (χ4n) is 3.80. The molecule has 1 saturated heterocycles. The average Bonchev–Trinajstić information content (AvgIpc) is 3.45. The normalized spacial score (nSPS) is 20.8. The first-order valence-electron chi connectivity index (χ1n) is 10.8. The third-order valence-electron chi connectivity index (χ3n) is 5.55. The van der Waals surface area contributed by atoms with E-state index in [1.165, 1.54) is 24.3 Å². The van der Waals surface area contributed by atoms with Crippen molar-refractivity contribution in [1.82, 2.24) is 9.55 Å². The van der Waals surface area contributed by atoms with Crippen molar-refractivity contribution in [1.29, 1.82) is 0 Å². The number of hydrogen-bond donors (Lipinski definition) is 0. The molecule has 2 heterocycles. The van der Waals surface area contributed by atoms with Crippen LogP contribution >= 0.6 is 0 Å². The van der Waals surface area contributed by atoms with Crippen LogP contribution in [0.4, 0.5) is 4.39 Å². The lowest BCUT2D eigenvalue weighted by atomic mass is 10.0. The summed E-state index contributed by atoms with van der Waals surface area (Å²) < 4.78 is 57.6. The van der Waals surface area contributed by atoms with Crippen LogP contribution in [0.5, 0.6) is 0 Å². The summed E-state index contributed by atoms with van der Waals surface area (Å²) in [6.45, 7) is 2.38. The summed E-state index contributed by atoms with van der Waals surface area (Å²) in [6.07, 6.45) is 6.71. The standard InChI is InChI=1S/C24H27FN2O5S/c1-19-4-10-23(11-5-19)33(28,29)31-16-22-15-30-24(32-22,17-27-14-13-26-18-27)12-2-3-20-6-8-21(25)9-7-20/h4-11,13-14,18,22H,2-3,12,15-17H2,1H3/t22-,24-/m0/s1. The lowest BCUT2D eigenvalue weighted by Gasteiger charge is -2.28. The Labute approximate surface area is 193 Å². The Morgan fingerprint density at radius 3 is 2.64 bits per heavy atom. The van der Waals surface area contributed by atoms with Gasteiger partial charge in [0.15, 0.2) is 5.79 Å². The Morgan fingerprint density at radius 2 is 1.94 bits per heavy atom. The molecule has 0 amide bonds. The van der Waals surface area contributed by atoms with Crippen molar-refractivity contribution in [2.75, 3.05) is 13.2 Å². The van der Waals surface area contributed by atoms with Crippen LogP contribution in [0, 0.1) is 12.7 Å². The van der Waals surface area contributed by atoms with Gasteiger partial charge in [-0.1, -0.05) is 29.8 Å². The SMILES string of the molecule is Cc1ccc(S(=O)(=O)OC[C@@H]2CO[C@](CCCc3ccc(F)cc3)(Cn3ccnc3)O2)cc1. The van der Waals surface area contributed by atoms with E-state index in [0.717, 1.165) is 24.0 Å². The maximum absolute atomic E-state index is 13.1. The highest BCUT2D eigenvalue weighted by Gasteiger charge is 2.42. The molecule has 7 nitrogen and oxygen atoms in total. The van der Waals surface area contributed by atoms with Crippen LogP contribution in [0.1, 0.15) is 24.0 Å². The summed E-state index contributed by atoms with van der Waals surface area (Å²) in [4.78, 5) is 4.18. The molecule has 2 aromatic carbocycles. The van der Waals surface area contributed by atoms with Gasteiger partial charge in [0.1, 0.15) is 11.9 Å². The minimum atomic E-state index is -3.89. The molecule has 0 aliphatic carbocycles. The van der Waals surface area contributed by atoms with Gasteiger partial charge in [-0.2, -0.15) is 8.42 Å². The lowest BCUT2D eigenvalue weighted by molar-refractivity contribution is -0.185. The van der Waals surface area contributed by atoms with Gasteiger partial charge in [0.2, 0.25) is 0 Å². The summed E-state index contributed by atoms with van der Waals surface area (Å²) in [6, 6.07) is 12.9. The van der Waals surface area contributed by atoms with Crippen molar-refractivity contribution in [2.45, 2.75) is 49.5 Å². The van der Waals surface area contributed by atoms with Gasteiger partial charge in [0, 0.05) is 18.8 Å². The zero-order chi connectivity index (χ0) is 23.3. The smallest absolute Gasteiger partial charge is 0.297 e. The molecular formula is C24H27FN2O5S. The van der Waals surface area contributed by atoms with Crippen LogP contribution in [0.3, 0.4) is 0 Å². The molecule has 176 valence electrons. The van der Waals surface area contributed by atoms with Gasteiger partial charge in [-0.05, 0) is 49.6 Å². The van der Waals surface area contributed by atoms with Gasteiger partial charge in [0.25, 0.3) is 10.1 Å². The number of rotatable bonds is 10. The molecule has 0 bridgehead atoms. The van der Waals surface area contributed by atoms with Crippen LogP contribution < -0.4 is 0 Å². The Bertz CT molecular complexity index is 1130. The highest BCUT2D eigenvalue weighted by atomic mass is 32.2. The third kappa shape index (κ3) is 6.26. The van der Waals surface area contributed by atoms with E-state index in [0.29, 0.717) is 13.0 Å². The van der Waals surface area contributed by atoms with Gasteiger partial charge < -0.3 is 14.0 Å². The largest absolute Gasteiger partial charge is 0.345 e. The third-order valence-corrected chi connectivity index (χ3v) is 6.85. The quantitative estimate of drug-likeness (QED) is 0.415. The van der Waals surface area contributed by atoms with Crippen LogP contribution in [0.2, 0.25) is 0 Å². The Hall–Kier alpha value is -2.59. The molecule has 0 spiro atoms. The molecule has 0 unspecified atom stereocenters. The van der Waals surface area contributed by atoms with Crippen molar-refractivity contribution < 1.29 is 26.5 Å². The zero-order valence-corrected chi connectivity index (χ0v) is 19.2. The summed E-state index contributed by atoms with van der Waals surface area (Å²) >= 11 is 0. The maximum atomic E-state index is 13.1. The van der Waals surface area contributed by atoms with Crippen molar-refractivity contribution in [3.05, 3.63) is 84.2 Å². The number of aromatic nitrogens is 2. The maximum Gasteiger partial charge on any atom is 0.297 e. The number of imidazole rings is 1. The van der Waals surface area contributed by atoms with Gasteiger partial charge >= 0.3 is 0 Å². The van der Waals surface area contributed by atoms with Crippen molar-refractivity contribution >= 4 is 10.1 Å². The van der Waals surface area contributed by atoms with Crippen LogP contribution in [-0.4, -0.2) is 43.1 Å². The van der Waals surface area contributed by atoms with Crippen molar-refractivity contribution in [3.8, 4) is 0 Å². The number of halogens is 1. The van der Waals surface area contributed by atoms with Crippen LogP contribution in [0.25, 0.3) is 0 Å². The molecule has 1 aromatic heterocycles. The first-order chi connectivity index (χ1) is 15.8. The number of benzene rings is 2. The van der Waals surface area contributed by atoms with Gasteiger partial charge in [-0.15, -0.1) is 0 Å². The molecule has 1 fully saturated rings. The van der Waals surface area contributed by atoms with E-state index in [-0.39, 0.29) is 23.9 Å². The molecule has 3 aromatic rings. The molecule has 1 aliphatic rings. The first kappa shape index (κ1) is 23.6. The topological polar surface area (TPSA) is 79.7 Å². The van der Waals surface area contributed by atoms with E-state index in [9.17, 15) is 12.8 Å². The number of ether oxygens (including phenoxy) is 2. The molecule has 0 N–H and O–H groups in total. The van der Waals surface area contributed by atoms with Crippen LogP contribution in [0.15, 0.2) is 72.1 Å². The second kappa shape index (κ2) is 10.1. The minimum absolute atomic E-state index is 0.107. The minimum Gasteiger partial charge on any atom is -0.345 e. The second-order valence-corrected chi connectivity index (χ2v) is 9.84. The van der Waals surface area contributed by atoms with Gasteiger partial charge in [-0.25, -0.2) is 9.37 Å². The van der Waals surface area contributed by atoms with Gasteiger partial charge in [0.05, 0.1) is 31.0 Å². The van der Waals surface area contributed by atoms with E-state index >= 15 is 0 Å². The van der Waals surface area contributed by atoms with Crippen molar-refractivity contribution in [2.24, 2.45) is 0 Å². The fourth-order valence-corrected chi connectivity index (χ4v) is 4.74. The second-order valence-electron chi connectivity index (χ2n) is 8.23. The molecule has 2 atom stereocenters. The lowest BCUT2D eigenvalue weighted by Crippen LogP contribution is -2.37. The van der Waals surface area contributed by atoms with E-state index in [1.807, 2.05) is 17.7 Å². The highest BCUT2D eigenvalue weighted by Crippen LogP contribution is 2.32. The van der Waals surface area contributed by atoms with Crippen LogP contribution in [-0.2, 0) is 36.7 Å².